The molecule has 1 heterocycles. The molecule has 0 amide bonds. The predicted octanol–water partition coefficient (Wildman–Crippen LogP) is 6.60. The van der Waals surface area contributed by atoms with Gasteiger partial charge in [0.2, 0.25) is 0 Å². The molecule has 3 nitrogen and oxygen atoms in total. The van der Waals surface area contributed by atoms with E-state index in [1.54, 1.807) is 13.0 Å². The van der Waals surface area contributed by atoms with Crippen molar-refractivity contribution >= 4 is 38.8 Å². The maximum absolute atomic E-state index is 11.8. The highest BCUT2D eigenvalue weighted by Gasteiger charge is 2.16. The third-order valence-electron chi connectivity index (χ3n) is 4.34. The van der Waals surface area contributed by atoms with Crippen LogP contribution in [0.15, 0.2) is 62.4 Å². The number of rotatable bonds is 4. The van der Waals surface area contributed by atoms with Crippen LogP contribution in [0.5, 0.6) is 0 Å². The van der Waals surface area contributed by atoms with Crippen molar-refractivity contribution in [3.05, 3.63) is 86.8 Å². The molecule has 0 bridgehead atoms. The predicted molar refractivity (Wildman–Crippen MR) is 113 cm³/mol. The van der Waals surface area contributed by atoms with Crippen LogP contribution in [0.1, 0.15) is 45.5 Å². The second-order valence-corrected chi connectivity index (χ2v) is 7.41. The van der Waals surface area contributed by atoms with Gasteiger partial charge < -0.3 is 4.42 Å². The molecule has 1 aromatic heterocycles. The number of hydrogen-bond acceptors (Lipinski definition) is 3. The minimum atomic E-state index is -0.0218. The summed E-state index contributed by atoms with van der Waals surface area (Å²) in [5.41, 5.74) is 5.21. The maximum atomic E-state index is 11.8. The van der Waals surface area contributed by atoms with Crippen molar-refractivity contribution in [1.82, 2.24) is 0 Å². The number of aryl methyl sites for hydroxylation is 3. The average molecular weight is 422 g/mol. The fourth-order valence-corrected chi connectivity index (χ4v) is 3.70. The molecule has 0 radical (unpaired) electrons. The zero-order valence-corrected chi connectivity index (χ0v) is 17.3. The first-order valence-corrected chi connectivity index (χ1v) is 9.43. The Morgan fingerprint density at radius 2 is 1.67 bits per heavy atom. The zero-order valence-electron chi connectivity index (χ0n) is 15.8. The summed E-state index contributed by atoms with van der Waals surface area (Å²) in [5.74, 6) is 4.33. The van der Waals surface area contributed by atoms with Gasteiger partial charge in [0.1, 0.15) is 11.5 Å². The summed E-state index contributed by atoms with van der Waals surface area (Å²) in [7, 11) is 0. The van der Waals surface area contributed by atoms with Crippen molar-refractivity contribution in [1.29, 1.82) is 0 Å². The molecule has 0 fully saturated rings. The van der Waals surface area contributed by atoms with Gasteiger partial charge in [-0.15, -0.1) is 0 Å². The van der Waals surface area contributed by atoms with Crippen molar-refractivity contribution in [3.63, 3.8) is 0 Å². The summed E-state index contributed by atoms with van der Waals surface area (Å²) in [6.07, 6.45) is 0. The molecule has 0 aliphatic rings. The highest BCUT2D eigenvalue weighted by Crippen LogP contribution is 2.29. The number of ketones is 1. The van der Waals surface area contributed by atoms with Crippen molar-refractivity contribution < 1.29 is 9.21 Å². The Balaban J connectivity index is 2.21. The van der Waals surface area contributed by atoms with Crippen LogP contribution >= 0.6 is 15.9 Å². The number of carbonyl (C=O) groups excluding carboxylic acids is 1. The SMILES string of the molecule is CC(=O)c1cc(C(=C=Nc2c(C)cc(Br)cc2C)c2ccccc2)oc1C. The van der Waals surface area contributed by atoms with Gasteiger partial charge in [-0.25, -0.2) is 4.99 Å². The monoisotopic (exact) mass is 421 g/mol. The molecule has 4 heteroatoms. The Bertz CT molecular complexity index is 1050. The number of nitrogens with zero attached hydrogens (tertiary/aromatic N) is 1. The number of benzene rings is 2. The zero-order chi connectivity index (χ0) is 19.6. The summed E-state index contributed by atoms with van der Waals surface area (Å²) >= 11 is 3.51. The third kappa shape index (κ3) is 4.19. The molecular formula is C23H20BrNO2. The molecule has 0 N–H and O–H groups in total. The molecular weight excluding hydrogens is 402 g/mol. The summed E-state index contributed by atoms with van der Waals surface area (Å²) in [4.78, 5) is 16.5. The van der Waals surface area contributed by atoms with Crippen molar-refractivity contribution in [2.24, 2.45) is 4.99 Å². The summed E-state index contributed by atoms with van der Waals surface area (Å²) in [6, 6.07) is 15.6. The summed E-state index contributed by atoms with van der Waals surface area (Å²) < 4.78 is 6.90. The number of hydrogen-bond donors (Lipinski definition) is 0. The van der Waals surface area contributed by atoms with Gasteiger partial charge in [-0.2, -0.15) is 0 Å². The fraction of sp³-hybridized carbons (Fsp3) is 0.174. The molecule has 27 heavy (non-hydrogen) atoms. The van der Waals surface area contributed by atoms with Gasteiger partial charge in [0, 0.05) is 4.47 Å². The minimum Gasteiger partial charge on any atom is -0.460 e. The Labute approximate surface area is 167 Å². The number of carbonyl (C=O) groups is 1. The van der Waals surface area contributed by atoms with Crippen LogP contribution in [0.25, 0.3) is 5.57 Å². The Morgan fingerprint density at radius 1 is 1.04 bits per heavy atom. The quantitative estimate of drug-likeness (QED) is 0.351. The lowest BCUT2D eigenvalue weighted by Gasteiger charge is -2.05. The Hall–Kier alpha value is -2.68. The number of halogens is 1. The van der Waals surface area contributed by atoms with Gasteiger partial charge in [0.15, 0.2) is 5.78 Å². The largest absolute Gasteiger partial charge is 0.460 e. The topological polar surface area (TPSA) is 42.6 Å². The van der Waals surface area contributed by atoms with Crippen LogP contribution in [0.2, 0.25) is 0 Å². The van der Waals surface area contributed by atoms with E-state index in [0.717, 1.165) is 26.9 Å². The molecule has 0 aliphatic heterocycles. The number of furan rings is 1. The van der Waals surface area contributed by atoms with Gasteiger partial charge >= 0.3 is 0 Å². The lowest BCUT2D eigenvalue weighted by atomic mass is 10.0. The summed E-state index contributed by atoms with van der Waals surface area (Å²) in [6.45, 7) is 7.37. The first-order valence-electron chi connectivity index (χ1n) is 8.64. The summed E-state index contributed by atoms with van der Waals surface area (Å²) in [5, 5.41) is 0. The van der Waals surface area contributed by atoms with Crippen LogP contribution in [0.3, 0.4) is 0 Å². The van der Waals surface area contributed by atoms with E-state index in [9.17, 15) is 4.79 Å². The average Bonchev–Trinajstić information content (AvgIpc) is 2.99. The van der Waals surface area contributed by atoms with E-state index >= 15 is 0 Å². The molecule has 136 valence electrons. The lowest BCUT2D eigenvalue weighted by Crippen LogP contribution is -1.90. The molecule has 2 aromatic carbocycles. The lowest BCUT2D eigenvalue weighted by molar-refractivity contribution is 0.101. The third-order valence-corrected chi connectivity index (χ3v) is 4.80. The van der Waals surface area contributed by atoms with Crippen molar-refractivity contribution in [3.8, 4) is 0 Å². The second kappa shape index (κ2) is 7.91. The molecule has 0 aliphatic carbocycles. The fourth-order valence-electron chi connectivity index (χ4n) is 3.01. The van der Waals surface area contributed by atoms with E-state index < -0.39 is 0 Å². The minimum absolute atomic E-state index is 0.0218. The second-order valence-electron chi connectivity index (χ2n) is 6.49. The van der Waals surface area contributed by atoms with E-state index in [4.69, 9.17) is 4.42 Å². The normalized spacial score (nSPS) is 10.4. The van der Waals surface area contributed by atoms with Crippen LogP contribution in [-0.4, -0.2) is 11.7 Å². The molecule has 0 saturated heterocycles. The van der Waals surface area contributed by atoms with Gasteiger partial charge in [-0.3, -0.25) is 4.79 Å². The van der Waals surface area contributed by atoms with Gasteiger partial charge in [-0.05, 0) is 68.5 Å². The smallest absolute Gasteiger partial charge is 0.163 e. The molecule has 0 atom stereocenters. The first kappa shape index (κ1) is 19.1. The highest BCUT2D eigenvalue weighted by molar-refractivity contribution is 9.10. The van der Waals surface area contributed by atoms with Crippen molar-refractivity contribution in [2.45, 2.75) is 27.7 Å². The van der Waals surface area contributed by atoms with Gasteiger partial charge in [-0.1, -0.05) is 46.3 Å². The Kier molecular flexibility index (Phi) is 5.59. The van der Waals surface area contributed by atoms with Gasteiger partial charge in [0.05, 0.1) is 16.8 Å². The molecule has 0 saturated carbocycles. The van der Waals surface area contributed by atoms with Crippen LogP contribution in [0, 0.1) is 20.8 Å². The standard InChI is InChI=1S/C23H20BrNO2/c1-14-10-19(24)11-15(2)23(14)25-13-21(18-8-6-5-7-9-18)22-12-20(16(3)26)17(4)27-22/h5-12H,1-4H3. The molecule has 0 spiro atoms. The first-order chi connectivity index (χ1) is 12.9. The van der Waals surface area contributed by atoms with E-state index in [1.165, 1.54) is 6.92 Å². The van der Waals surface area contributed by atoms with Crippen LogP contribution in [0.4, 0.5) is 5.69 Å². The highest BCUT2D eigenvalue weighted by atomic mass is 79.9. The number of Topliss-reactive ketones (excluding diaryl/α,β-unsaturated/α-hetero) is 1. The van der Waals surface area contributed by atoms with Crippen LogP contribution < -0.4 is 0 Å². The van der Waals surface area contributed by atoms with Crippen molar-refractivity contribution in [2.75, 3.05) is 0 Å². The van der Waals surface area contributed by atoms with Crippen LogP contribution in [-0.2, 0) is 0 Å². The maximum Gasteiger partial charge on any atom is 0.163 e. The molecule has 0 unspecified atom stereocenters. The van der Waals surface area contributed by atoms with E-state index in [1.807, 2.05) is 56.3 Å². The van der Waals surface area contributed by atoms with E-state index in [2.05, 4.69) is 26.8 Å². The van der Waals surface area contributed by atoms with E-state index in [-0.39, 0.29) is 5.78 Å². The Morgan fingerprint density at radius 3 is 2.22 bits per heavy atom. The van der Waals surface area contributed by atoms with E-state index in [0.29, 0.717) is 22.7 Å². The molecule has 3 rings (SSSR count). The van der Waals surface area contributed by atoms with Gasteiger partial charge in [0.25, 0.3) is 0 Å². The number of aliphatic imine (C=N–C) groups is 1. The molecule has 3 aromatic rings.